The number of fused-ring (bicyclic) bond motifs is 1. The molecule has 1 aliphatic heterocycles. The van der Waals surface area contributed by atoms with E-state index >= 15 is 0 Å². The molecular formula is C31H35N3OSi. The van der Waals surface area contributed by atoms with Crippen molar-refractivity contribution in [2.24, 2.45) is 5.41 Å². The molecule has 184 valence electrons. The normalized spacial score (nSPS) is 17.3. The van der Waals surface area contributed by atoms with E-state index in [0.717, 1.165) is 23.4 Å². The van der Waals surface area contributed by atoms with Crippen LogP contribution in [0.5, 0.6) is 0 Å². The van der Waals surface area contributed by atoms with E-state index < -0.39 is 5.60 Å². The molecule has 0 saturated carbocycles. The second kappa shape index (κ2) is 9.38. The molecule has 4 nitrogen and oxygen atoms in total. The third kappa shape index (κ3) is 4.42. The van der Waals surface area contributed by atoms with Gasteiger partial charge in [-0.1, -0.05) is 113 Å². The Kier molecular flexibility index (Phi) is 6.39. The fourth-order valence-corrected chi connectivity index (χ4v) is 6.05. The van der Waals surface area contributed by atoms with Gasteiger partial charge in [-0.05, 0) is 27.8 Å². The van der Waals surface area contributed by atoms with Gasteiger partial charge in [0.2, 0.25) is 9.76 Å². The molecule has 36 heavy (non-hydrogen) atoms. The fourth-order valence-electron chi connectivity index (χ4n) is 5.25. The van der Waals surface area contributed by atoms with Crippen molar-refractivity contribution in [2.45, 2.75) is 51.3 Å². The molecule has 0 aliphatic carbocycles. The van der Waals surface area contributed by atoms with Crippen LogP contribution in [0.3, 0.4) is 0 Å². The second-order valence-corrected chi connectivity index (χ2v) is 13.3. The number of aromatic nitrogens is 2. The molecule has 1 unspecified atom stereocenters. The molecule has 4 aromatic rings. The molecule has 0 amide bonds. The Bertz CT molecular complexity index is 1270. The van der Waals surface area contributed by atoms with Gasteiger partial charge in [-0.3, -0.25) is 0 Å². The summed E-state index contributed by atoms with van der Waals surface area (Å²) in [7, 11) is 0.283. The lowest BCUT2D eigenvalue weighted by Gasteiger charge is -2.45. The van der Waals surface area contributed by atoms with Crippen LogP contribution in [0.2, 0.25) is 5.04 Å². The van der Waals surface area contributed by atoms with Crippen LogP contribution in [0, 0.1) is 5.41 Å². The van der Waals surface area contributed by atoms with Crippen molar-refractivity contribution >= 4 is 15.5 Å². The highest BCUT2D eigenvalue weighted by atomic mass is 28.2. The maximum Gasteiger partial charge on any atom is 0.238 e. The molecule has 0 spiro atoms. The third-order valence-corrected chi connectivity index (χ3v) is 7.93. The summed E-state index contributed by atoms with van der Waals surface area (Å²) in [6.45, 7) is 12.2. The molecule has 1 N–H and O–H groups in total. The van der Waals surface area contributed by atoms with Gasteiger partial charge in [0.05, 0.1) is 24.3 Å². The minimum absolute atomic E-state index is 0.0142. The maximum atomic E-state index is 7.15. The largest absolute Gasteiger partial charge is 0.399 e. The molecule has 1 atom stereocenters. The number of rotatable bonds is 6. The Hall–Kier alpha value is -3.15. The molecule has 2 heterocycles. The number of anilines is 1. The predicted molar refractivity (Wildman–Crippen MR) is 148 cm³/mol. The summed E-state index contributed by atoms with van der Waals surface area (Å²) in [5, 5.41) is 3.66. The minimum Gasteiger partial charge on any atom is -0.399 e. The predicted octanol–water partition coefficient (Wildman–Crippen LogP) is 7.07. The minimum atomic E-state index is -0.805. The highest BCUT2D eigenvalue weighted by Crippen LogP contribution is 2.48. The molecule has 0 fully saturated rings. The number of benzene rings is 3. The summed E-state index contributed by atoms with van der Waals surface area (Å²) >= 11 is 0. The van der Waals surface area contributed by atoms with Gasteiger partial charge >= 0.3 is 0 Å². The van der Waals surface area contributed by atoms with E-state index in [1.807, 2.05) is 12.5 Å². The fraction of sp³-hybridized carbons (Fsp3) is 0.323. The lowest BCUT2D eigenvalue weighted by Crippen LogP contribution is -2.43. The number of nitrogens with one attached hydrogen (secondary N) is 1. The van der Waals surface area contributed by atoms with E-state index in [1.54, 1.807) is 0 Å². The average molecular weight is 494 g/mol. The van der Waals surface area contributed by atoms with E-state index in [1.165, 1.54) is 11.3 Å². The van der Waals surface area contributed by atoms with Crippen LogP contribution in [0.25, 0.3) is 0 Å². The van der Waals surface area contributed by atoms with E-state index in [9.17, 15) is 0 Å². The van der Waals surface area contributed by atoms with Crippen LogP contribution >= 0.6 is 0 Å². The van der Waals surface area contributed by atoms with Crippen molar-refractivity contribution in [3.8, 4) is 0 Å². The van der Waals surface area contributed by atoms with Gasteiger partial charge in [-0.25, -0.2) is 4.98 Å². The van der Waals surface area contributed by atoms with E-state index in [-0.39, 0.29) is 26.3 Å². The zero-order valence-corrected chi connectivity index (χ0v) is 22.8. The Morgan fingerprint density at radius 1 is 0.889 bits per heavy atom. The summed E-state index contributed by atoms with van der Waals surface area (Å²) in [4.78, 5) is 4.76. The molecule has 2 radical (unpaired) electrons. The van der Waals surface area contributed by atoms with Gasteiger partial charge < -0.3 is 14.3 Å². The first-order chi connectivity index (χ1) is 17.2. The monoisotopic (exact) mass is 493 g/mol. The number of nitrogens with zero attached hydrogens (tertiary/aromatic N) is 2. The third-order valence-electron chi connectivity index (χ3n) is 6.91. The van der Waals surface area contributed by atoms with Crippen molar-refractivity contribution in [3.05, 3.63) is 120 Å². The number of hydrogen-bond donors (Lipinski definition) is 1. The van der Waals surface area contributed by atoms with Crippen molar-refractivity contribution in [1.82, 2.24) is 9.55 Å². The van der Waals surface area contributed by atoms with Crippen molar-refractivity contribution in [3.63, 3.8) is 0 Å². The summed E-state index contributed by atoms with van der Waals surface area (Å²) < 4.78 is 9.52. The van der Waals surface area contributed by atoms with Gasteiger partial charge in [-0.15, -0.1) is 0 Å². The van der Waals surface area contributed by atoms with Crippen LogP contribution in [0.4, 0.5) is 5.69 Å². The standard InChI is InChI=1S/C31H35N3OSi/c1-29(2,3)36-35-31(23-14-8-6-9-15-23,24-16-10-7-11-17-24)27-20-32-22-34(27)28-25-18-12-13-19-26(25)33-21-30(28,4)5/h6-20,22,28,33H,21H2,1-5H3. The average Bonchev–Trinajstić information content (AvgIpc) is 3.34. The summed E-state index contributed by atoms with van der Waals surface area (Å²) in [5.74, 6) is 0. The lowest BCUT2D eigenvalue weighted by molar-refractivity contribution is 0.138. The molecule has 0 saturated heterocycles. The molecule has 1 aromatic heterocycles. The van der Waals surface area contributed by atoms with Gasteiger partial charge in [0, 0.05) is 17.6 Å². The topological polar surface area (TPSA) is 39.1 Å². The summed E-state index contributed by atoms with van der Waals surface area (Å²) in [5.41, 5.74) is 4.87. The first-order valence-electron chi connectivity index (χ1n) is 12.6. The van der Waals surface area contributed by atoms with Crippen molar-refractivity contribution in [2.75, 3.05) is 11.9 Å². The van der Waals surface area contributed by atoms with Crippen LogP contribution in [0.1, 0.15) is 63.0 Å². The van der Waals surface area contributed by atoms with Gasteiger partial charge in [0.25, 0.3) is 0 Å². The smallest absolute Gasteiger partial charge is 0.238 e. The van der Waals surface area contributed by atoms with E-state index in [0.29, 0.717) is 0 Å². The van der Waals surface area contributed by atoms with Gasteiger partial charge in [0.1, 0.15) is 5.60 Å². The van der Waals surface area contributed by atoms with Crippen LogP contribution < -0.4 is 5.32 Å². The summed E-state index contributed by atoms with van der Waals surface area (Å²) in [6, 6.07) is 30.0. The Morgan fingerprint density at radius 3 is 2.08 bits per heavy atom. The Morgan fingerprint density at radius 2 is 1.47 bits per heavy atom. The molecule has 0 bridgehead atoms. The quantitative estimate of drug-likeness (QED) is 0.292. The van der Waals surface area contributed by atoms with Crippen molar-refractivity contribution in [1.29, 1.82) is 0 Å². The first-order valence-corrected chi connectivity index (χ1v) is 13.5. The van der Waals surface area contributed by atoms with E-state index in [4.69, 9.17) is 9.41 Å². The highest BCUT2D eigenvalue weighted by Gasteiger charge is 2.45. The van der Waals surface area contributed by atoms with Crippen molar-refractivity contribution < 1.29 is 4.43 Å². The van der Waals surface area contributed by atoms with Crippen LogP contribution in [-0.4, -0.2) is 25.9 Å². The molecule has 3 aromatic carbocycles. The van der Waals surface area contributed by atoms with E-state index in [2.05, 4.69) is 129 Å². The Balaban J connectivity index is 1.79. The SMILES string of the molecule is CC(C)(C)[Si]OC(c1ccccc1)(c1ccccc1)c1cncn1C1c2ccccc2NCC1(C)C. The first kappa shape index (κ1) is 24.5. The number of para-hydroxylation sites is 1. The zero-order valence-electron chi connectivity index (χ0n) is 21.8. The zero-order chi connectivity index (χ0) is 25.4. The van der Waals surface area contributed by atoms with Gasteiger partial charge in [-0.2, -0.15) is 0 Å². The summed E-state index contributed by atoms with van der Waals surface area (Å²) in [6.07, 6.45) is 4.00. The van der Waals surface area contributed by atoms with Gasteiger partial charge in [0.15, 0.2) is 0 Å². The molecule has 1 aliphatic rings. The number of imidazole rings is 1. The Labute approximate surface area is 217 Å². The highest BCUT2D eigenvalue weighted by molar-refractivity contribution is 6.32. The number of hydrogen-bond acceptors (Lipinski definition) is 3. The molecule has 5 heteroatoms. The molecular weight excluding hydrogens is 458 g/mol. The maximum absolute atomic E-state index is 7.15. The van der Waals surface area contributed by atoms with Crippen LogP contribution in [0.15, 0.2) is 97.5 Å². The lowest BCUT2D eigenvalue weighted by atomic mass is 9.76. The molecule has 5 rings (SSSR count). The van der Waals surface area contributed by atoms with Crippen LogP contribution in [-0.2, 0) is 10.0 Å². The second-order valence-electron chi connectivity index (χ2n) is 11.4.